The smallest absolute Gasteiger partial charge is 0.269 e. The first-order valence-corrected chi connectivity index (χ1v) is 24.7. The molecule has 23 nitrogen and oxygen atoms in total. The van der Waals surface area contributed by atoms with E-state index in [1.54, 1.807) is 113 Å². The third-order valence-electron chi connectivity index (χ3n) is 13.1. The van der Waals surface area contributed by atoms with Crippen molar-refractivity contribution in [2.24, 2.45) is 23.3 Å². The SMILES string of the molecule is N#CCC(=O)N1CCC[C@H]1c1nc(-c2ccc(C(=O)Nc3ccccn3)cc2)c(C(N)=O)n1N.O=CC1CC1.[C-]#[N+]/C(=C\C1CC1)C(=O)N1CCC[C@H]1c1nc(-c2ccc(C(=O)Nc3ccccn3)cc2)c(C(N)=O)n1N. The standard InChI is InChI=1S/C27H26N8O3.C23H22N8O3.C4H6O/c1-30-19(15-16-7-8-16)27(38)34-14-4-5-20(34)25-33-22(23(24(28)36)35(25)29)17-9-11-18(12-10-17)26(37)32-21-6-2-3-13-31-21;24-11-10-18(32)30-13-3-4-16(30)22-29-19(20(21(25)33)31(22)26)14-6-8-15(9-7-14)23(34)28-17-5-1-2-12-27-17;5-3-4-1-2-4/h2-3,6,9-13,15-16,20H,4-5,7-8,14,29H2,(H2,28,36)(H,31,32,37);1-2,5-9,12,16H,3-4,10,13,26H2,(H2,25,33)(H,27,28,34);3-4H,1-2H2/b19-15-;;/t20-;16-;/m00./s1. The quantitative estimate of drug-likeness (QED) is 0.0359. The number of primary amides is 2. The number of amides is 6. The van der Waals surface area contributed by atoms with Crippen LogP contribution < -0.4 is 33.8 Å². The van der Waals surface area contributed by atoms with Crippen molar-refractivity contribution in [3.63, 3.8) is 0 Å². The molecule has 2 saturated heterocycles. The van der Waals surface area contributed by atoms with Gasteiger partial charge in [-0.05, 0) is 106 Å². The number of nitrogen functional groups attached to an aromatic ring is 2. The van der Waals surface area contributed by atoms with Crippen molar-refractivity contribution in [3.05, 3.63) is 155 Å². The highest BCUT2D eigenvalue weighted by Gasteiger charge is 2.38. The van der Waals surface area contributed by atoms with E-state index in [1.165, 1.54) is 0 Å². The van der Waals surface area contributed by atoms with Crippen LogP contribution in [-0.2, 0) is 14.4 Å². The van der Waals surface area contributed by atoms with E-state index in [0.29, 0.717) is 83.8 Å². The third-order valence-corrected chi connectivity index (χ3v) is 13.1. The van der Waals surface area contributed by atoms with Crippen molar-refractivity contribution in [1.82, 2.24) is 39.1 Å². The van der Waals surface area contributed by atoms with Crippen molar-refractivity contribution in [1.29, 1.82) is 5.26 Å². The minimum Gasteiger partial charge on any atom is -0.364 e. The van der Waals surface area contributed by atoms with Gasteiger partial charge >= 0.3 is 0 Å². The summed E-state index contributed by atoms with van der Waals surface area (Å²) in [5.41, 5.74) is 13.7. The van der Waals surface area contributed by atoms with E-state index in [4.69, 9.17) is 35.0 Å². The van der Waals surface area contributed by atoms with Gasteiger partial charge < -0.3 is 48.4 Å². The summed E-state index contributed by atoms with van der Waals surface area (Å²) in [6.45, 7) is 8.40. The molecule has 392 valence electrons. The van der Waals surface area contributed by atoms with Crippen LogP contribution in [-0.4, -0.2) is 93.9 Å². The van der Waals surface area contributed by atoms with E-state index >= 15 is 0 Å². The third kappa shape index (κ3) is 12.5. The minimum absolute atomic E-state index is 0.0103. The van der Waals surface area contributed by atoms with Gasteiger partial charge in [-0.15, -0.1) is 0 Å². The molecule has 10 rings (SSSR count). The van der Waals surface area contributed by atoms with Gasteiger partial charge in [-0.3, -0.25) is 28.8 Å². The van der Waals surface area contributed by atoms with E-state index in [9.17, 15) is 33.6 Å². The summed E-state index contributed by atoms with van der Waals surface area (Å²) < 4.78 is 2.25. The summed E-state index contributed by atoms with van der Waals surface area (Å²) >= 11 is 0. The van der Waals surface area contributed by atoms with E-state index < -0.39 is 23.9 Å². The summed E-state index contributed by atoms with van der Waals surface area (Å²) in [5.74, 6) is 11.8. The number of nitrogens with one attached hydrogen (secondary N) is 2. The molecule has 0 unspecified atom stereocenters. The Labute approximate surface area is 441 Å². The average Bonchev–Trinajstić information content (AvgIpc) is 4.27. The number of aromatic nitrogens is 6. The van der Waals surface area contributed by atoms with E-state index in [0.717, 1.165) is 47.7 Å². The predicted molar refractivity (Wildman–Crippen MR) is 281 cm³/mol. The molecule has 4 aromatic heterocycles. The zero-order chi connectivity index (χ0) is 54.8. The predicted octanol–water partition coefficient (Wildman–Crippen LogP) is 5.07. The van der Waals surface area contributed by atoms with Crippen LogP contribution in [0.25, 0.3) is 27.4 Å². The highest BCUT2D eigenvalue weighted by atomic mass is 16.2. The van der Waals surface area contributed by atoms with Crippen LogP contribution in [0.3, 0.4) is 0 Å². The number of allylic oxidation sites excluding steroid dienone is 1. The first kappa shape index (κ1) is 53.3. The summed E-state index contributed by atoms with van der Waals surface area (Å²) in [7, 11) is 0. The number of nitriles is 1. The maximum Gasteiger partial charge on any atom is 0.269 e. The highest BCUT2D eigenvalue weighted by Crippen LogP contribution is 2.38. The number of hydrogen-bond donors (Lipinski definition) is 6. The number of benzene rings is 2. The Balaban J connectivity index is 0.000000187. The summed E-state index contributed by atoms with van der Waals surface area (Å²) in [6.07, 6.45) is 12.5. The summed E-state index contributed by atoms with van der Waals surface area (Å²) in [5, 5.41) is 14.3. The van der Waals surface area contributed by atoms with Crippen LogP contribution in [0.2, 0.25) is 0 Å². The van der Waals surface area contributed by atoms with Crippen LogP contribution in [0.1, 0.15) is 123 Å². The second kappa shape index (κ2) is 23.9. The van der Waals surface area contributed by atoms with Crippen LogP contribution in [0.4, 0.5) is 11.6 Å². The van der Waals surface area contributed by atoms with Gasteiger partial charge in [0.25, 0.3) is 29.5 Å². The maximum atomic E-state index is 13.2. The van der Waals surface area contributed by atoms with Crippen LogP contribution in [0, 0.1) is 29.7 Å². The van der Waals surface area contributed by atoms with E-state index in [2.05, 4.69) is 35.4 Å². The number of rotatable bonds is 14. The Morgan fingerprint density at radius 3 is 1.49 bits per heavy atom. The van der Waals surface area contributed by atoms with Gasteiger partial charge in [0.05, 0.1) is 24.7 Å². The second-order valence-electron chi connectivity index (χ2n) is 18.5. The van der Waals surface area contributed by atoms with Gasteiger partial charge in [-0.1, -0.05) is 42.5 Å². The Bertz CT molecular complexity index is 3320. The van der Waals surface area contributed by atoms with E-state index in [1.807, 2.05) is 6.07 Å². The zero-order valence-corrected chi connectivity index (χ0v) is 41.6. The van der Waals surface area contributed by atoms with Crippen molar-refractivity contribution >= 4 is 53.4 Å². The largest absolute Gasteiger partial charge is 0.364 e. The fourth-order valence-electron chi connectivity index (χ4n) is 8.86. The molecule has 0 bridgehead atoms. The summed E-state index contributed by atoms with van der Waals surface area (Å²) in [6, 6.07) is 24.2. The first-order chi connectivity index (χ1) is 37.2. The van der Waals surface area contributed by atoms with Gasteiger partial charge in [0.2, 0.25) is 11.6 Å². The van der Waals surface area contributed by atoms with Crippen LogP contribution in [0.5, 0.6) is 0 Å². The molecule has 10 N–H and O–H groups in total. The van der Waals surface area contributed by atoms with Gasteiger partial charge in [-0.2, -0.15) is 5.26 Å². The number of anilines is 2. The Hall–Kier alpha value is -10.0. The fraction of sp³-hybridized carbons (Fsp3) is 0.278. The van der Waals surface area contributed by atoms with Gasteiger partial charge in [0.1, 0.15) is 35.7 Å². The average molecular weight is 1040 g/mol. The minimum atomic E-state index is -0.777. The molecule has 2 aliphatic carbocycles. The molecule has 23 heteroatoms. The number of nitrogens with zero attached hydrogens (tertiary/aromatic N) is 10. The lowest BCUT2D eigenvalue weighted by Gasteiger charge is -2.24. The number of carbonyl (C=O) groups is 7. The number of likely N-dealkylation sites (tertiary alicyclic amines) is 2. The zero-order valence-electron chi connectivity index (χ0n) is 41.6. The molecule has 0 spiro atoms. The van der Waals surface area contributed by atoms with Crippen molar-refractivity contribution < 1.29 is 33.6 Å². The highest BCUT2D eigenvalue weighted by molar-refractivity contribution is 6.05. The van der Waals surface area contributed by atoms with Crippen molar-refractivity contribution in [2.75, 3.05) is 35.4 Å². The molecular weight excluding hydrogens is 985 g/mol. The molecule has 6 amide bonds. The number of imidazole rings is 2. The summed E-state index contributed by atoms with van der Waals surface area (Å²) in [4.78, 5) is 109. The lowest BCUT2D eigenvalue weighted by molar-refractivity contribution is -0.131. The van der Waals surface area contributed by atoms with Crippen LogP contribution in [0.15, 0.2) is 109 Å². The fourth-order valence-corrected chi connectivity index (χ4v) is 8.86. The van der Waals surface area contributed by atoms with Crippen molar-refractivity contribution in [3.8, 4) is 28.6 Å². The van der Waals surface area contributed by atoms with Gasteiger partial charge in [-0.25, -0.2) is 34.1 Å². The molecule has 0 radical (unpaired) electrons. The first-order valence-electron chi connectivity index (χ1n) is 24.7. The van der Waals surface area contributed by atoms with E-state index in [-0.39, 0.29) is 64.4 Å². The lowest BCUT2D eigenvalue weighted by Crippen LogP contribution is -2.34. The second-order valence-corrected chi connectivity index (χ2v) is 18.5. The molecule has 6 aromatic rings. The normalized spacial score (nSPS) is 16.6. The number of aldehydes is 1. The molecule has 77 heavy (non-hydrogen) atoms. The lowest BCUT2D eigenvalue weighted by atomic mass is 10.1. The van der Waals surface area contributed by atoms with Crippen molar-refractivity contribution in [2.45, 2.75) is 69.9 Å². The number of nitrogens with two attached hydrogens (primary N) is 4. The molecule has 4 aliphatic rings. The molecule has 4 fully saturated rings. The van der Waals surface area contributed by atoms with Gasteiger partial charge in [0.15, 0.2) is 23.0 Å². The topological polar surface area (TPSA) is 344 Å². The molecular formula is C54H54N16O7. The maximum absolute atomic E-state index is 13.2. The number of hydrogen-bond acceptors (Lipinski definition) is 14. The molecule has 2 aromatic carbocycles. The number of carbonyl (C=O) groups excluding carboxylic acids is 7. The molecule has 2 saturated carbocycles. The molecule has 6 heterocycles. The van der Waals surface area contributed by atoms with Gasteiger partial charge in [0, 0.05) is 53.7 Å². The Morgan fingerprint density at radius 2 is 1.12 bits per heavy atom. The number of pyridine rings is 2. The Morgan fingerprint density at radius 1 is 0.662 bits per heavy atom. The molecule has 2 aliphatic heterocycles. The monoisotopic (exact) mass is 1040 g/mol. The molecule has 2 atom stereocenters. The Kier molecular flexibility index (Phi) is 16.5. The van der Waals surface area contributed by atoms with Crippen LogP contribution >= 0.6 is 0 Å².